The van der Waals surface area contributed by atoms with Crippen molar-refractivity contribution in [1.82, 2.24) is 9.55 Å². The average molecular weight is 211 g/mol. The van der Waals surface area contributed by atoms with E-state index < -0.39 is 0 Å². The fourth-order valence-corrected chi connectivity index (χ4v) is 1.37. The third-order valence-electron chi connectivity index (χ3n) is 2.36. The summed E-state index contributed by atoms with van der Waals surface area (Å²) in [6.07, 6.45) is 5.65. The monoisotopic (exact) mass is 211 g/mol. The van der Waals surface area contributed by atoms with Gasteiger partial charge in [-0.15, -0.1) is 0 Å². The summed E-state index contributed by atoms with van der Waals surface area (Å²) in [5.74, 6) is 0.704. The Hall–Kier alpha value is -0.870. The Morgan fingerprint density at radius 3 is 2.87 bits per heavy atom. The molecule has 1 aromatic heterocycles. The molecule has 0 fully saturated rings. The van der Waals surface area contributed by atoms with E-state index >= 15 is 0 Å². The molecule has 0 aliphatic heterocycles. The van der Waals surface area contributed by atoms with Crippen molar-refractivity contribution in [3.63, 3.8) is 0 Å². The average Bonchev–Trinajstić information content (AvgIpc) is 2.62. The minimum atomic E-state index is -0.196. The van der Waals surface area contributed by atoms with Crippen LogP contribution in [0.4, 0.5) is 0 Å². The van der Waals surface area contributed by atoms with Crippen LogP contribution in [0.1, 0.15) is 26.0 Å². The number of nitrogens with two attached hydrogens (primary N) is 1. The quantitative estimate of drug-likeness (QED) is 0.731. The number of imidazole rings is 1. The van der Waals surface area contributed by atoms with Crippen molar-refractivity contribution in [2.75, 3.05) is 6.61 Å². The molecule has 3 N–H and O–H groups in total. The Morgan fingerprint density at radius 1 is 1.53 bits per heavy atom. The molecule has 1 rings (SSSR count). The van der Waals surface area contributed by atoms with E-state index in [0.717, 1.165) is 18.7 Å². The van der Waals surface area contributed by atoms with Gasteiger partial charge in [0.05, 0.1) is 18.6 Å². The van der Waals surface area contributed by atoms with Crippen LogP contribution in [0.25, 0.3) is 0 Å². The van der Waals surface area contributed by atoms with Gasteiger partial charge in [-0.2, -0.15) is 0 Å². The summed E-state index contributed by atoms with van der Waals surface area (Å²) in [6.45, 7) is 5.43. The first-order valence-electron chi connectivity index (χ1n) is 5.49. The van der Waals surface area contributed by atoms with E-state index in [1.807, 2.05) is 12.5 Å². The van der Waals surface area contributed by atoms with Crippen molar-refractivity contribution in [3.05, 3.63) is 18.2 Å². The molecule has 4 heteroatoms. The van der Waals surface area contributed by atoms with Crippen LogP contribution in [0.3, 0.4) is 0 Å². The van der Waals surface area contributed by atoms with Crippen molar-refractivity contribution in [3.8, 4) is 0 Å². The lowest BCUT2D eigenvalue weighted by Gasteiger charge is -2.05. The Labute approximate surface area is 91.1 Å². The van der Waals surface area contributed by atoms with Gasteiger partial charge in [-0.05, 0) is 12.3 Å². The number of aliphatic hydroxyl groups is 1. The predicted molar refractivity (Wildman–Crippen MR) is 60.4 cm³/mol. The van der Waals surface area contributed by atoms with Gasteiger partial charge in [-0.3, -0.25) is 0 Å². The molecule has 1 aromatic rings. The third-order valence-corrected chi connectivity index (χ3v) is 2.36. The second-order valence-corrected chi connectivity index (χ2v) is 4.43. The van der Waals surface area contributed by atoms with Crippen LogP contribution in [0.15, 0.2) is 12.5 Å². The van der Waals surface area contributed by atoms with Gasteiger partial charge in [0.15, 0.2) is 0 Å². The Bertz CT molecular complexity index is 283. The van der Waals surface area contributed by atoms with Crippen molar-refractivity contribution in [2.45, 2.75) is 39.3 Å². The number of aromatic nitrogens is 2. The minimum absolute atomic E-state index is 0.0128. The van der Waals surface area contributed by atoms with Crippen molar-refractivity contribution >= 4 is 0 Å². The number of rotatable bonds is 6. The highest BCUT2D eigenvalue weighted by molar-refractivity contribution is 4.99. The van der Waals surface area contributed by atoms with E-state index in [1.54, 1.807) is 0 Å². The number of hydrogen-bond acceptors (Lipinski definition) is 3. The molecule has 86 valence electrons. The molecule has 0 radical (unpaired) electrons. The maximum absolute atomic E-state index is 8.82. The molecular formula is C11H21N3O. The molecular weight excluding hydrogens is 190 g/mol. The Morgan fingerprint density at radius 2 is 2.27 bits per heavy atom. The fraction of sp³-hybridized carbons (Fsp3) is 0.727. The molecule has 0 spiro atoms. The van der Waals surface area contributed by atoms with Gasteiger partial charge in [-0.25, -0.2) is 4.98 Å². The molecule has 1 atom stereocenters. The molecule has 0 amide bonds. The largest absolute Gasteiger partial charge is 0.395 e. The maximum Gasteiger partial charge on any atom is 0.0949 e. The fourth-order valence-electron chi connectivity index (χ4n) is 1.37. The van der Waals surface area contributed by atoms with Crippen LogP contribution < -0.4 is 5.73 Å². The molecule has 0 aliphatic rings. The molecule has 0 bridgehead atoms. The van der Waals surface area contributed by atoms with Gasteiger partial charge in [0.25, 0.3) is 0 Å². The summed E-state index contributed by atoms with van der Waals surface area (Å²) in [4.78, 5) is 4.25. The second kappa shape index (κ2) is 5.88. The smallest absolute Gasteiger partial charge is 0.0949 e. The zero-order valence-electron chi connectivity index (χ0n) is 9.56. The van der Waals surface area contributed by atoms with E-state index in [0.29, 0.717) is 12.3 Å². The predicted octanol–water partition coefficient (Wildman–Crippen LogP) is 0.791. The van der Waals surface area contributed by atoms with Crippen LogP contribution in [-0.2, 0) is 13.0 Å². The number of aryl methyl sites for hydroxylation is 1. The topological polar surface area (TPSA) is 64.1 Å². The van der Waals surface area contributed by atoms with Gasteiger partial charge < -0.3 is 15.4 Å². The molecule has 0 saturated carbocycles. The normalized spacial score (nSPS) is 13.4. The molecule has 1 heterocycles. The van der Waals surface area contributed by atoms with Gasteiger partial charge in [-0.1, -0.05) is 13.8 Å². The highest BCUT2D eigenvalue weighted by Crippen LogP contribution is 2.05. The first-order valence-corrected chi connectivity index (χ1v) is 5.49. The maximum atomic E-state index is 8.82. The van der Waals surface area contributed by atoms with Crippen LogP contribution in [0, 0.1) is 5.92 Å². The van der Waals surface area contributed by atoms with Crippen molar-refractivity contribution < 1.29 is 5.11 Å². The lowest BCUT2D eigenvalue weighted by Crippen LogP contribution is -2.26. The molecule has 4 nitrogen and oxygen atoms in total. The zero-order chi connectivity index (χ0) is 11.3. The molecule has 0 saturated heterocycles. The third kappa shape index (κ3) is 4.44. The van der Waals surface area contributed by atoms with E-state index in [-0.39, 0.29) is 12.6 Å². The van der Waals surface area contributed by atoms with Gasteiger partial charge in [0.1, 0.15) is 0 Å². The number of hydrogen-bond donors (Lipinski definition) is 2. The van der Waals surface area contributed by atoms with Gasteiger partial charge in [0.2, 0.25) is 0 Å². The molecule has 15 heavy (non-hydrogen) atoms. The summed E-state index contributed by atoms with van der Waals surface area (Å²) in [6, 6.07) is -0.196. The standard InChI is InChI=1S/C11H21N3O/c1-9(2)3-4-14-6-11(13-8-14)5-10(12)7-15/h6,8-10,15H,3-5,7,12H2,1-2H3/t10-/m1/s1. The summed E-state index contributed by atoms with van der Waals surface area (Å²) in [5, 5.41) is 8.82. The number of nitrogens with zero attached hydrogens (tertiary/aromatic N) is 2. The number of aliphatic hydroxyl groups excluding tert-OH is 1. The Kier molecular flexibility index (Phi) is 4.78. The molecule has 0 unspecified atom stereocenters. The highest BCUT2D eigenvalue weighted by atomic mass is 16.3. The Balaban J connectivity index is 2.42. The van der Waals surface area contributed by atoms with Crippen molar-refractivity contribution in [1.29, 1.82) is 0 Å². The van der Waals surface area contributed by atoms with Crippen molar-refractivity contribution in [2.24, 2.45) is 11.7 Å². The van der Waals surface area contributed by atoms with E-state index in [1.165, 1.54) is 0 Å². The van der Waals surface area contributed by atoms with Gasteiger partial charge in [0, 0.05) is 25.2 Å². The SMILES string of the molecule is CC(C)CCn1cnc(C[C@@H](N)CO)c1. The second-order valence-electron chi connectivity index (χ2n) is 4.43. The van der Waals surface area contributed by atoms with Crippen LogP contribution >= 0.6 is 0 Å². The van der Waals surface area contributed by atoms with Crippen LogP contribution in [-0.4, -0.2) is 27.3 Å². The van der Waals surface area contributed by atoms with E-state index in [9.17, 15) is 0 Å². The summed E-state index contributed by atoms with van der Waals surface area (Å²) in [7, 11) is 0. The van der Waals surface area contributed by atoms with Crippen LogP contribution in [0.5, 0.6) is 0 Å². The first kappa shape index (κ1) is 12.2. The zero-order valence-corrected chi connectivity index (χ0v) is 9.56. The summed E-state index contributed by atoms with van der Waals surface area (Å²) in [5.41, 5.74) is 6.60. The van der Waals surface area contributed by atoms with Gasteiger partial charge >= 0.3 is 0 Å². The van der Waals surface area contributed by atoms with E-state index in [2.05, 4.69) is 23.4 Å². The first-order chi connectivity index (χ1) is 7.11. The summed E-state index contributed by atoms with van der Waals surface area (Å²) < 4.78 is 2.08. The highest BCUT2D eigenvalue weighted by Gasteiger charge is 2.05. The van der Waals surface area contributed by atoms with E-state index in [4.69, 9.17) is 10.8 Å². The summed E-state index contributed by atoms with van der Waals surface area (Å²) >= 11 is 0. The molecule has 0 aromatic carbocycles. The lowest BCUT2D eigenvalue weighted by atomic mass is 10.1. The lowest BCUT2D eigenvalue weighted by molar-refractivity contribution is 0.264. The van der Waals surface area contributed by atoms with Crippen LogP contribution in [0.2, 0.25) is 0 Å². The minimum Gasteiger partial charge on any atom is -0.395 e. The molecule has 0 aliphatic carbocycles.